The van der Waals surface area contributed by atoms with Gasteiger partial charge in [0, 0.05) is 33.8 Å². The van der Waals surface area contributed by atoms with Crippen LogP contribution in [0.3, 0.4) is 0 Å². The summed E-state index contributed by atoms with van der Waals surface area (Å²) in [7, 11) is 3.05. The summed E-state index contributed by atoms with van der Waals surface area (Å²) < 4.78 is 4.98. The molecule has 16 heavy (non-hydrogen) atoms. The van der Waals surface area contributed by atoms with E-state index < -0.39 is 12.1 Å². The van der Waals surface area contributed by atoms with Gasteiger partial charge in [0.2, 0.25) is 5.91 Å². The Hall–Kier alpha value is -1.14. The molecular weight excluding hydrogens is 210 g/mol. The first-order valence-electron chi connectivity index (χ1n) is 5.37. The van der Waals surface area contributed by atoms with Crippen molar-refractivity contribution in [3.05, 3.63) is 0 Å². The third-order valence-electron chi connectivity index (χ3n) is 2.78. The summed E-state index contributed by atoms with van der Waals surface area (Å²) in [5.74, 6) is -0.290. The molecule has 0 aliphatic carbocycles. The van der Waals surface area contributed by atoms with Gasteiger partial charge in [-0.3, -0.25) is 9.59 Å². The number of carbonyl (C=O) groups is 2. The highest BCUT2D eigenvalue weighted by Crippen LogP contribution is 2.07. The first kappa shape index (κ1) is 12.9. The van der Waals surface area contributed by atoms with E-state index in [9.17, 15) is 9.59 Å². The quantitative estimate of drug-likeness (QED) is 0.622. The molecule has 92 valence electrons. The first-order chi connectivity index (χ1) is 7.61. The van der Waals surface area contributed by atoms with E-state index in [0.29, 0.717) is 19.6 Å². The maximum absolute atomic E-state index is 12.0. The van der Waals surface area contributed by atoms with Crippen LogP contribution in [0.5, 0.6) is 0 Å². The number of ether oxygens (including phenoxy) is 1. The second kappa shape index (κ2) is 5.81. The third-order valence-corrected chi connectivity index (χ3v) is 2.78. The fourth-order valence-electron chi connectivity index (χ4n) is 1.70. The van der Waals surface area contributed by atoms with E-state index >= 15 is 0 Å². The number of nitrogens with zero attached hydrogens (tertiary/aromatic N) is 1. The normalized spacial score (nSPS) is 22.7. The maximum atomic E-state index is 12.0. The molecule has 1 aliphatic heterocycles. The maximum Gasteiger partial charge on any atom is 0.252 e. The van der Waals surface area contributed by atoms with Crippen LogP contribution in [0.4, 0.5) is 0 Å². The van der Waals surface area contributed by atoms with Crippen molar-refractivity contribution in [2.24, 2.45) is 0 Å². The highest BCUT2D eigenvalue weighted by atomic mass is 16.5. The van der Waals surface area contributed by atoms with Crippen molar-refractivity contribution in [3.63, 3.8) is 0 Å². The van der Waals surface area contributed by atoms with Crippen LogP contribution in [0.25, 0.3) is 0 Å². The number of amides is 2. The molecule has 0 aromatic rings. The fourth-order valence-corrected chi connectivity index (χ4v) is 1.70. The van der Waals surface area contributed by atoms with Crippen LogP contribution in [0.2, 0.25) is 0 Å². The molecule has 1 rings (SSSR count). The van der Waals surface area contributed by atoms with Crippen LogP contribution in [-0.4, -0.2) is 62.7 Å². The Morgan fingerprint density at radius 1 is 1.56 bits per heavy atom. The number of rotatable bonds is 3. The molecule has 2 amide bonds. The molecule has 0 spiro atoms. The van der Waals surface area contributed by atoms with Gasteiger partial charge in [0.15, 0.2) is 0 Å². The molecule has 2 unspecified atom stereocenters. The summed E-state index contributed by atoms with van der Waals surface area (Å²) in [6.07, 6.45) is -0.509. The standard InChI is InChI=1S/C10H19N3O3/c1-7(16-3)10(15)13-5-4-12-6-8(13)9(14)11-2/h7-8,12H,4-6H2,1-3H3,(H,11,14). The van der Waals surface area contributed by atoms with Crippen LogP contribution in [0.1, 0.15) is 6.92 Å². The van der Waals surface area contributed by atoms with Crippen molar-refractivity contribution in [1.29, 1.82) is 0 Å². The highest BCUT2D eigenvalue weighted by Gasteiger charge is 2.33. The molecule has 0 aromatic heterocycles. The number of likely N-dealkylation sites (N-methyl/N-ethyl adjacent to an activating group) is 1. The topological polar surface area (TPSA) is 70.7 Å². The van der Waals surface area contributed by atoms with Gasteiger partial charge < -0.3 is 20.3 Å². The molecule has 0 aromatic carbocycles. The SMILES string of the molecule is CNC(=O)C1CNCCN1C(=O)C(C)OC. The molecular formula is C10H19N3O3. The molecule has 0 radical (unpaired) electrons. The van der Waals surface area contributed by atoms with Crippen molar-refractivity contribution in [2.45, 2.75) is 19.1 Å². The van der Waals surface area contributed by atoms with Crippen LogP contribution in [0.15, 0.2) is 0 Å². The van der Waals surface area contributed by atoms with Crippen molar-refractivity contribution in [2.75, 3.05) is 33.8 Å². The Kier molecular flexibility index (Phi) is 4.70. The summed E-state index contributed by atoms with van der Waals surface area (Å²) in [4.78, 5) is 25.1. The Balaban J connectivity index is 2.73. The molecule has 1 heterocycles. The van der Waals surface area contributed by atoms with Gasteiger partial charge in [0.05, 0.1) is 0 Å². The van der Waals surface area contributed by atoms with Gasteiger partial charge in [0.1, 0.15) is 12.1 Å². The van der Waals surface area contributed by atoms with Crippen molar-refractivity contribution < 1.29 is 14.3 Å². The Morgan fingerprint density at radius 2 is 2.25 bits per heavy atom. The lowest BCUT2D eigenvalue weighted by Crippen LogP contribution is -2.60. The molecule has 2 N–H and O–H groups in total. The Morgan fingerprint density at radius 3 is 2.81 bits per heavy atom. The van der Waals surface area contributed by atoms with Crippen molar-refractivity contribution in [3.8, 4) is 0 Å². The lowest BCUT2D eigenvalue weighted by atomic mass is 10.1. The minimum Gasteiger partial charge on any atom is -0.372 e. The monoisotopic (exact) mass is 229 g/mol. The molecule has 6 heteroatoms. The molecule has 1 fully saturated rings. The van der Waals surface area contributed by atoms with Gasteiger partial charge in [-0.05, 0) is 6.92 Å². The van der Waals surface area contributed by atoms with E-state index in [1.165, 1.54) is 7.11 Å². The average Bonchev–Trinajstić information content (AvgIpc) is 2.35. The van der Waals surface area contributed by atoms with Gasteiger partial charge in [-0.1, -0.05) is 0 Å². The molecule has 1 aliphatic rings. The Bertz CT molecular complexity index is 270. The zero-order valence-corrected chi connectivity index (χ0v) is 9.95. The van der Waals surface area contributed by atoms with E-state index in [4.69, 9.17) is 4.74 Å². The number of hydrogen-bond acceptors (Lipinski definition) is 4. The molecule has 0 saturated carbocycles. The summed E-state index contributed by atoms with van der Waals surface area (Å²) >= 11 is 0. The zero-order chi connectivity index (χ0) is 12.1. The first-order valence-corrected chi connectivity index (χ1v) is 5.37. The number of methoxy groups -OCH3 is 1. The van der Waals surface area contributed by atoms with E-state index in [-0.39, 0.29) is 11.8 Å². The minimum atomic E-state index is -0.509. The highest BCUT2D eigenvalue weighted by molar-refractivity contribution is 5.89. The molecule has 1 saturated heterocycles. The number of nitrogens with one attached hydrogen (secondary N) is 2. The fraction of sp³-hybridized carbons (Fsp3) is 0.800. The van der Waals surface area contributed by atoms with Gasteiger partial charge in [-0.25, -0.2) is 0 Å². The molecule has 2 atom stereocenters. The molecule has 6 nitrogen and oxygen atoms in total. The number of carbonyl (C=O) groups excluding carboxylic acids is 2. The van der Waals surface area contributed by atoms with Gasteiger partial charge in [-0.2, -0.15) is 0 Å². The summed E-state index contributed by atoms with van der Waals surface area (Å²) in [6, 6.07) is -0.441. The van der Waals surface area contributed by atoms with Crippen molar-refractivity contribution >= 4 is 11.8 Å². The van der Waals surface area contributed by atoms with Crippen LogP contribution in [0, 0.1) is 0 Å². The zero-order valence-electron chi connectivity index (χ0n) is 9.95. The van der Waals surface area contributed by atoms with E-state index in [1.807, 2.05) is 0 Å². The lowest BCUT2D eigenvalue weighted by Gasteiger charge is -2.36. The predicted octanol–water partition coefficient (Wildman–Crippen LogP) is -1.43. The van der Waals surface area contributed by atoms with Crippen LogP contribution in [-0.2, 0) is 14.3 Å². The van der Waals surface area contributed by atoms with Gasteiger partial charge in [-0.15, -0.1) is 0 Å². The second-order valence-corrected chi connectivity index (χ2v) is 3.74. The van der Waals surface area contributed by atoms with Crippen LogP contribution < -0.4 is 10.6 Å². The van der Waals surface area contributed by atoms with E-state index in [2.05, 4.69) is 10.6 Å². The minimum absolute atomic E-state index is 0.141. The lowest BCUT2D eigenvalue weighted by molar-refractivity contribution is -0.148. The average molecular weight is 229 g/mol. The second-order valence-electron chi connectivity index (χ2n) is 3.74. The van der Waals surface area contributed by atoms with Gasteiger partial charge >= 0.3 is 0 Å². The summed E-state index contributed by atoms with van der Waals surface area (Å²) in [6.45, 7) is 3.41. The summed E-state index contributed by atoms with van der Waals surface area (Å²) in [5, 5.41) is 5.66. The molecule has 0 bridgehead atoms. The smallest absolute Gasteiger partial charge is 0.252 e. The van der Waals surface area contributed by atoms with Crippen molar-refractivity contribution in [1.82, 2.24) is 15.5 Å². The number of hydrogen-bond donors (Lipinski definition) is 2. The van der Waals surface area contributed by atoms with E-state index in [0.717, 1.165) is 0 Å². The Labute approximate surface area is 95.3 Å². The van der Waals surface area contributed by atoms with Crippen LogP contribution >= 0.6 is 0 Å². The third kappa shape index (κ3) is 2.70. The van der Waals surface area contributed by atoms with E-state index in [1.54, 1.807) is 18.9 Å². The largest absolute Gasteiger partial charge is 0.372 e. The number of piperazine rings is 1. The van der Waals surface area contributed by atoms with Gasteiger partial charge in [0.25, 0.3) is 5.91 Å². The predicted molar refractivity (Wildman–Crippen MR) is 58.9 cm³/mol. The summed E-state index contributed by atoms with van der Waals surface area (Å²) in [5.41, 5.74) is 0.